The van der Waals surface area contributed by atoms with Gasteiger partial charge in [-0.2, -0.15) is 17.0 Å². The molecule has 0 atom stereocenters. The smallest absolute Gasteiger partial charge is 0.225 e. The molecule has 0 bridgehead atoms. The van der Waals surface area contributed by atoms with Gasteiger partial charge in [0.25, 0.3) is 0 Å². The van der Waals surface area contributed by atoms with Crippen LogP contribution in [0.1, 0.15) is 4.88 Å². The van der Waals surface area contributed by atoms with Crippen molar-refractivity contribution < 1.29 is 4.74 Å². The van der Waals surface area contributed by atoms with Crippen LogP contribution in [-0.4, -0.2) is 11.5 Å². The van der Waals surface area contributed by atoms with Gasteiger partial charge in [-0.1, -0.05) is 0 Å². The van der Waals surface area contributed by atoms with Crippen LogP contribution in [0.3, 0.4) is 0 Å². The summed E-state index contributed by atoms with van der Waals surface area (Å²) in [6, 6.07) is 1.89. The number of ether oxygens (including phenoxy) is 1. The lowest BCUT2D eigenvalue weighted by Crippen LogP contribution is -1.78. The van der Waals surface area contributed by atoms with Crippen molar-refractivity contribution in [3.05, 3.63) is 10.9 Å². The third-order valence-electron chi connectivity index (χ3n) is 0.902. The summed E-state index contributed by atoms with van der Waals surface area (Å²) in [5.74, 6) is 1.42. The maximum atomic E-state index is 4.86. The monoisotopic (exact) mass is 161 g/mol. The molecule has 2 nitrogen and oxygen atoms in total. The second-order valence-corrected chi connectivity index (χ2v) is 2.70. The normalized spacial score (nSPS) is 9.56. The lowest BCUT2D eigenvalue weighted by Gasteiger charge is -1.85. The van der Waals surface area contributed by atoms with Gasteiger partial charge in [-0.15, -0.1) is 0 Å². The first-order chi connectivity index (χ1) is 4.36. The van der Waals surface area contributed by atoms with Crippen molar-refractivity contribution in [2.45, 2.75) is 5.75 Å². The molecule has 0 spiro atoms. The molecule has 50 valence electrons. The van der Waals surface area contributed by atoms with Gasteiger partial charge in [0.15, 0.2) is 0 Å². The highest BCUT2D eigenvalue weighted by molar-refractivity contribution is 7.79. The van der Waals surface area contributed by atoms with Crippen LogP contribution in [-0.2, 0) is 5.75 Å². The fraction of sp³-hybridized carbons (Fsp3) is 0.400. The molecule has 1 rings (SSSR count). The number of rotatable bonds is 2. The second kappa shape index (κ2) is 3.08. The predicted octanol–water partition coefficient (Wildman–Crippen LogP) is 1.58. The first kappa shape index (κ1) is 6.89. The van der Waals surface area contributed by atoms with E-state index in [2.05, 4.69) is 17.0 Å². The van der Waals surface area contributed by atoms with E-state index in [0.29, 0.717) is 5.88 Å². The Balaban J connectivity index is 2.74. The lowest BCUT2D eigenvalue weighted by atomic mass is 10.5. The number of thiol groups is 1. The Morgan fingerprint density at radius 2 is 2.67 bits per heavy atom. The molecule has 0 unspecified atom stereocenters. The quantitative estimate of drug-likeness (QED) is 0.665. The average Bonchev–Trinajstić information content (AvgIpc) is 2.34. The van der Waals surface area contributed by atoms with Gasteiger partial charge in [-0.05, 0) is 11.5 Å². The van der Waals surface area contributed by atoms with Crippen molar-refractivity contribution in [3.63, 3.8) is 0 Å². The minimum absolute atomic E-state index is 0.684. The Morgan fingerprint density at radius 1 is 1.89 bits per heavy atom. The number of methoxy groups -OCH3 is 1. The fourth-order valence-electron chi connectivity index (χ4n) is 0.465. The molecule has 4 heteroatoms. The molecule has 0 aliphatic carbocycles. The van der Waals surface area contributed by atoms with Gasteiger partial charge < -0.3 is 4.74 Å². The molecule has 1 aromatic heterocycles. The molecule has 9 heavy (non-hydrogen) atoms. The summed E-state index contributed by atoms with van der Waals surface area (Å²) in [5.41, 5.74) is 0. The van der Waals surface area contributed by atoms with Gasteiger partial charge in [-0.25, -0.2) is 0 Å². The highest BCUT2D eigenvalue weighted by Crippen LogP contribution is 2.16. The molecule has 0 aliphatic heterocycles. The van der Waals surface area contributed by atoms with Crippen molar-refractivity contribution >= 4 is 24.2 Å². The van der Waals surface area contributed by atoms with Crippen LogP contribution in [0.5, 0.6) is 5.88 Å². The Morgan fingerprint density at radius 3 is 3.00 bits per heavy atom. The molecule has 0 fully saturated rings. The first-order valence-corrected chi connectivity index (χ1v) is 3.88. The van der Waals surface area contributed by atoms with Crippen molar-refractivity contribution in [1.29, 1.82) is 0 Å². The van der Waals surface area contributed by atoms with E-state index in [1.165, 1.54) is 11.5 Å². The fourth-order valence-corrected chi connectivity index (χ4v) is 1.27. The summed E-state index contributed by atoms with van der Waals surface area (Å²) in [7, 11) is 1.61. The Labute approximate surface area is 63.4 Å². The Bertz CT molecular complexity index is 168. The van der Waals surface area contributed by atoms with Crippen LogP contribution in [0.2, 0.25) is 0 Å². The minimum Gasteiger partial charge on any atom is -0.480 e. The summed E-state index contributed by atoms with van der Waals surface area (Å²) in [5, 5.41) is 0. The number of aromatic nitrogens is 1. The zero-order chi connectivity index (χ0) is 6.69. The van der Waals surface area contributed by atoms with Crippen LogP contribution in [0.25, 0.3) is 0 Å². The molecule has 0 radical (unpaired) electrons. The zero-order valence-corrected chi connectivity index (χ0v) is 6.71. The Kier molecular flexibility index (Phi) is 2.36. The average molecular weight is 161 g/mol. The third kappa shape index (κ3) is 1.59. The largest absolute Gasteiger partial charge is 0.480 e. The minimum atomic E-state index is 0.684. The molecular weight excluding hydrogens is 154 g/mol. The molecule has 0 aromatic carbocycles. The number of nitrogens with zero attached hydrogens (tertiary/aromatic N) is 1. The van der Waals surface area contributed by atoms with E-state index in [9.17, 15) is 0 Å². The van der Waals surface area contributed by atoms with Crippen molar-refractivity contribution in [2.24, 2.45) is 0 Å². The van der Waals surface area contributed by atoms with E-state index >= 15 is 0 Å². The summed E-state index contributed by atoms with van der Waals surface area (Å²) < 4.78 is 8.84. The van der Waals surface area contributed by atoms with Crippen LogP contribution in [0.4, 0.5) is 0 Å². The van der Waals surface area contributed by atoms with Crippen LogP contribution in [0.15, 0.2) is 6.07 Å². The van der Waals surface area contributed by atoms with Gasteiger partial charge >= 0.3 is 0 Å². The molecule has 1 heterocycles. The van der Waals surface area contributed by atoms with Gasteiger partial charge in [-0.3, -0.25) is 0 Å². The molecule has 0 saturated heterocycles. The molecule has 0 saturated carbocycles. The summed E-state index contributed by atoms with van der Waals surface area (Å²) >= 11 is 5.50. The van der Waals surface area contributed by atoms with Crippen LogP contribution >= 0.6 is 24.2 Å². The van der Waals surface area contributed by atoms with Gasteiger partial charge in [0.05, 0.1) is 7.11 Å². The van der Waals surface area contributed by atoms with Crippen LogP contribution in [0, 0.1) is 0 Å². The highest BCUT2D eigenvalue weighted by atomic mass is 32.1. The number of hydrogen-bond acceptors (Lipinski definition) is 4. The molecular formula is C5H7NOS2. The lowest BCUT2D eigenvalue weighted by molar-refractivity contribution is 0.402. The summed E-state index contributed by atoms with van der Waals surface area (Å²) in [4.78, 5) is 1.13. The molecule has 0 N–H and O–H groups in total. The van der Waals surface area contributed by atoms with Gasteiger partial charge in [0.2, 0.25) is 5.88 Å². The van der Waals surface area contributed by atoms with Gasteiger partial charge in [0.1, 0.15) is 0 Å². The van der Waals surface area contributed by atoms with E-state index in [0.717, 1.165) is 10.6 Å². The molecule has 0 aliphatic rings. The van der Waals surface area contributed by atoms with E-state index in [4.69, 9.17) is 4.74 Å². The Hall–Kier alpha value is -0.220. The molecule has 1 aromatic rings. The maximum absolute atomic E-state index is 4.86. The van der Waals surface area contributed by atoms with Crippen molar-refractivity contribution in [1.82, 2.24) is 4.37 Å². The van der Waals surface area contributed by atoms with Gasteiger partial charge in [0, 0.05) is 16.7 Å². The molecule has 0 amide bonds. The highest BCUT2D eigenvalue weighted by Gasteiger charge is 1.96. The van der Waals surface area contributed by atoms with E-state index in [1.54, 1.807) is 7.11 Å². The first-order valence-electron chi connectivity index (χ1n) is 2.47. The van der Waals surface area contributed by atoms with E-state index in [-0.39, 0.29) is 0 Å². The van der Waals surface area contributed by atoms with Crippen molar-refractivity contribution in [2.75, 3.05) is 7.11 Å². The topological polar surface area (TPSA) is 22.1 Å². The second-order valence-electron chi connectivity index (χ2n) is 1.49. The zero-order valence-electron chi connectivity index (χ0n) is 5.00. The van der Waals surface area contributed by atoms with E-state index < -0.39 is 0 Å². The predicted molar refractivity (Wildman–Crippen MR) is 41.4 cm³/mol. The summed E-state index contributed by atoms with van der Waals surface area (Å²) in [6.07, 6.45) is 0. The SMILES string of the molecule is COc1cc(CS)sn1. The standard InChI is InChI=1S/C5H7NOS2/c1-7-5-2-4(3-8)9-6-5/h2,8H,3H2,1H3. The number of hydrogen-bond donors (Lipinski definition) is 1. The van der Waals surface area contributed by atoms with Crippen LogP contribution < -0.4 is 4.74 Å². The third-order valence-corrected chi connectivity index (χ3v) is 2.22. The van der Waals surface area contributed by atoms with E-state index in [1.807, 2.05) is 6.07 Å². The summed E-state index contributed by atoms with van der Waals surface area (Å²) in [6.45, 7) is 0. The maximum Gasteiger partial charge on any atom is 0.225 e. The van der Waals surface area contributed by atoms with Crippen molar-refractivity contribution in [3.8, 4) is 5.88 Å².